The molecule has 0 aromatic heterocycles. The third-order valence-electron chi connectivity index (χ3n) is 11.3. The lowest BCUT2D eigenvalue weighted by Crippen LogP contribution is -2.30. The van der Waals surface area contributed by atoms with Crippen molar-refractivity contribution in [3.8, 4) is 0 Å². The van der Waals surface area contributed by atoms with E-state index < -0.39 is 6.10 Å². The Hall–Kier alpha value is -1.59. The molecule has 0 spiro atoms. The van der Waals surface area contributed by atoms with Gasteiger partial charge in [-0.2, -0.15) is 0 Å². The Kier molecular flexibility index (Phi) is 40.8. The Balaban J connectivity index is 4.33. The number of esters is 3. The number of hydrogen-bond donors (Lipinski definition) is 0. The van der Waals surface area contributed by atoms with Crippen LogP contribution in [0, 0.1) is 11.8 Å². The third-order valence-corrected chi connectivity index (χ3v) is 11.3. The zero-order valence-electron chi connectivity index (χ0n) is 37.6. The Labute approximate surface area is 342 Å². The molecule has 0 bridgehead atoms. The lowest BCUT2D eigenvalue weighted by Gasteiger charge is -2.18. The van der Waals surface area contributed by atoms with E-state index in [2.05, 4.69) is 34.6 Å². The van der Waals surface area contributed by atoms with Crippen LogP contribution in [0.15, 0.2) is 0 Å². The second-order valence-corrected chi connectivity index (χ2v) is 17.5. The molecule has 0 aliphatic rings. The summed E-state index contributed by atoms with van der Waals surface area (Å²) in [4.78, 5) is 37.8. The first-order valence-electron chi connectivity index (χ1n) is 24.3. The van der Waals surface area contributed by atoms with Crippen molar-refractivity contribution in [1.29, 1.82) is 0 Å². The summed E-state index contributed by atoms with van der Waals surface area (Å²) in [6.45, 7) is 11.3. The van der Waals surface area contributed by atoms with Gasteiger partial charge in [0.1, 0.15) is 13.2 Å². The van der Waals surface area contributed by atoms with E-state index in [1.165, 1.54) is 154 Å². The smallest absolute Gasteiger partial charge is 0.306 e. The fourth-order valence-corrected chi connectivity index (χ4v) is 7.25. The SMILES string of the molecule is CCCCCCCCCCCCCCCC(=O)OC[C@H](COC(=O)CCCCCCCCCC(C)C)OC(=O)CCCCCCCCCCCCC(C)CC. The van der Waals surface area contributed by atoms with Gasteiger partial charge in [-0.25, -0.2) is 0 Å². The van der Waals surface area contributed by atoms with E-state index in [1.54, 1.807) is 0 Å². The van der Waals surface area contributed by atoms with Crippen LogP contribution in [0.4, 0.5) is 0 Å². The normalized spacial score (nSPS) is 12.5. The summed E-state index contributed by atoms with van der Waals surface area (Å²) in [5.74, 6) is 0.793. The quantitative estimate of drug-likeness (QED) is 0.0348. The fraction of sp³-hybridized carbons (Fsp3) is 0.939. The lowest BCUT2D eigenvalue weighted by molar-refractivity contribution is -0.167. The molecule has 0 aliphatic heterocycles. The van der Waals surface area contributed by atoms with Crippen LogP contribution in [0.5, 0.6) is 0 Å². The highest BCUT2D eigenvalue weighted by atomic mass is 16.6. The molecule has 326 valence electrons. The highest BCUT2D eigenvalue weighted by Gasteiger charge is 2.19. The summed E-state index contributed by atoms with van der Waals surface area (Å²) in [6, 6.07) is 0. The maximum absolute atomic E-state index is 12.7. The van der Waals surface area contributed by atoms with Gasteiger partial charge in [-0.3, -0.25) is 14.4 Å². The van der Waals surface area contributed by atoms with Gasteiger partial charge in [0, 0.05) is 19.3 Å². The minimum atomic E-state index is -0.761. The van der Waals surface area contributed by atoms with E-state index in [9.17, 15) is 14.4 Å². The van der Waals surface area contributed by atoms with Gasteiger partial charge < -0.3 is 14.2 Å². The average Bonchev–Trinajstić information content (AvgIpc) is 3.17. The molecule has 0 aliphatic carbocycles. The topological polar surface area (TPSA) is 78.9 Å². The van der Waals surface area contributed by atoms with E-state index in [0.717, 1.165) is 69.6 Å². The van der Waals surface area contributed by atoms with E-state index in [-0.39, 0.29) is 31.1 Å². The van der Waals surface area contributed by atoms with Crippen molar-refractivity contribution in [3.63, 3.8) is 0 Å². The van der Waals surface area contributed by atoms with Gasteiger partial charge in [0.05, 0.1) is 0 Å². The molecule has 0 radical (unpaired) electrons. The number of carbonyl (C=O) groups is 3. The van der Waals surface area contributed by atoms with Crippen LogP contribution < -0.4 is 0 Å². The summed E-state index contributed by atoms with van der Waals surface area (Å²) in [5.41, 5.74) is 0. The molecule has 0 fully saturated rings. The molecule has 55 heavy (non-hydrogen) atoms. The highest BCUT2D eigenvalue weighted by molar-refractivity contribution is 5.71. The summed E-state index contributed by atoms with van der Waals surface area (Å²) >= 11 is 0. The van der Waals surface area contributed by atoms with Crippen LogP contribution in [0.1, 0.15) is 266 Å². The van der Waals surface area contributed by atoms with Crippen molar-refractivity contribution in [2.24, 2.45) is 11.8 Å². The molecule has 0 rings (SSSR count). The summed E-state index contributed by atoms with van der Waals surface area (Å²) in [6.07, 6.45) is 40.8. The molecule has 6 heteroatoms. The molecule has 0 saturated heterocycles. The van der Waals surface area contributed by atoms with Crippen LogP contribution >= 0.6 is 0 Å². The van der Waals surface area contributed by atoms with E-state index >= 15 is 0 Å². The van der Waals surface area contributed by atoms with Crippen LogP contribution in [0.2, 0.25) is 0 Å². The van der Waals surface area contributed by atoms with Gasteiger partial charge >= 0.3 is 17.9 Å². The largest absolute Gasteiger partial charge is 0.462 e. The molecule has 0 aromatic carbocycles. The van der Waals surface area contributed by atoms with Crippen LogP contribution in [-0.2, 0) is 28.6 Å². The standard InChI is InChI=1S/C49H94O6/c1-6-8-9-10-11-12-13-14-15-19-24-29-34-39-47(50)53-42-46(43-54-48(51)40-35-30-26-21-22-27-32-37-44(3)4)55-49(52)41-36-31-25-20-17-16-18-23-28-33-38-45(5)7-2/h44-46H,6-43H2,1-5H3/t45?,46-/m1/s1. The van der Waals surface area contributed by atoms with E-state index in [1.807, 2.05) is 0 Å². The zero-order valence-corrected chi connectivity index (χ0v) is 37.6. The van der Waals surface area contributed by atoms with Gasteiger partial charge in [-0.05, 0) is 31.1 Å². The molecule has 0 saturated carbocycles. The van der Waals surface area contributed by atoms with Crippen LogP contribution in [0.3, 0.4) is 0 Å². The maximum atomic E-state index is 12.7. The molecule has 2 atom stereocenters. The van der Waals surface area contributed by atoms with E-state index in [0.29, 0.717) is 19.3 Å². The first kappa shape index (κ1) is 53.4. The Morgan fingerprint density at radius 2 is 0.691 bits per heavy atom. The Morgan fingerprint density at radius 1 is 0.382 bits per heavy atom. The number of hydrogen-bond acceptors (Lipinski definition) is 6. The molecule has 6 nitrogen and oxygen atoms in total. The van der Waals surface area contributed by atoms with Crippen molar-refractivity contribution < 1.29 is 28.6 Å². The monoisotopic (exact) mass is 779 g/mol. The van der Waals surface area contributed by atoms with Crippen molar-refractivity contribution >= 4 is 17.9 Å². The highest BCUT2D eigenvalue weighted by Crippen LogP contribution is 2.17. The summed E-state index contributed by atoms with van der Waals surface area (Å²) < 4.78 is 16.7. The van der Waals surface area contributed by atoms with Crippen molar-refractivity contribution in [2.75, 3.05) is 13.2 Å². The first-order valence-corrected chi connectivity index (χ1v) is 24.3. The first-order chi connectivity index (χ1) is 26.8. The minimum Gasteiger partial charge on any atom is -0.462 e. The van der Waals surface area contributed by atoms with Gasteiger partial charge in [-0.15, -0.1) is 0 Å². The Bertz CT molecular complexity index is 841. The molecule has 0 aromatic rings. The fourth-order valence-electron chi connectivity index (χ4n) is 7.25. The predicted molar refractivity (Wildman–Crippen MR) is 233 cm³/mol. The van der Waals surface area contributed by atoms with Crippen molar-refractivity contribution in [3.05, 3.63) is 0 Å². The molecule has 0 N–H and O–H groups in total. The molecular formula is C49H94O6. The summed E-state index contributed by atoms with van der Waals surface area (Å²) in [5, 5.41) is 0. The predicted octanol–water partition coefficient (Wildman–Crippen LogP) is 15.4. The number of ether oxygens (including phenoxy) is 3. The minimum absolute atomic E-state index is 0.0647. The molecule has 1 unspecified atom stereocenters. The lowest BCUT2D eigenvalue weighted by atomic mass is 9.99. The third kappa shape index (κ3) is 41.9. The van der Waals surface area contributed by atoms with E-state index in [4.69, 9.17) is 14.2 Å². The van der Waals surface area contributed by atoms with Crippen LogP contribution in [-0.4, -0.2) is 37.2 Å². The van der Waals surface area contributed by atoms with Crippen molar-refractivity contribution in [2.45, 2.75) is 272 Å². The number of carbonyl (C=O) groups excluding carboxylic acids is 3. The Morgan fingerprint density at radius 3 is 1.04 bits per heavy atom. The van der Waals surface area contributed by atoms with Gasteiger partial charge in [0.2, 0.25) is 0 Å². The number of rotatable bonds is 43. The van der Waals surface area contributed by atoms with Gasteiger partial charge in [0.15, 0.2) is 6.10 Å². The van der Waals surface area contributed by atoms with Gasteiger partial charge in [-0.1, -0.05) is 227 Å². The molecular weight excluding hydrogens is 685 g/mol. The summed E-state index contributed by atoms with van der Waals surface area (Å²) in [7, 11) is 0. The number of unbranched alkanes of at least 4 members (excludes halogenated alkanes) is 27. The average molecular weight is 779 g/mol. The van der Waals surface area contributed by atoms with Crippen LogP contribution in [0.25, 0.3) is 0 Å². The van der Waals surface area contributed by atoms with Gasteiger partial charge in [0.25, 0.3) is 0 Å². The molecule has 0 amide bonds. The molecule has 0 heterocycles. The van der Waals surface area contributed by atoms with Crippen molar-refractivity contribution in [1.82, 2.24) is 0 Å². The second kappa shape index (κ2) is 42.0. The maximum Gasteiger partial charge on any atom is 0.306 e. The second-order valence-electron chi connectivity index (χ2n) is 17.5. The zero-order chi connectivity index (χ0) is 40.5.